The molecule has 120 valence electrons. The van der Waals surface area contributed by atoms with Crippen LogP contribution in [0, 0.1) is 0 Å². The number of nitrogens with zero attached hydrogens (tertiary/aromatic N) is 1. The van der Waals surface area contributed by atoms with Crippen LogP contribution in [0.3, 0.4) is 0 Å². The van der Waals surface area contributed by atoms with Crippen molar-refractivity contribution in [1.29, 1.82) is 0 Å². The lowest BCUT2D eigenvalue weighted by Crippen LogP contribution is -2.36. The Hall–Kier alpha value is -1.91. The van der Waals surface area contributed by atoms with Crippen LogP contribution in [0.15, 0.2) is 17.1 Å². The van der Waals surface area contributed by atoms with Crippen molar-refractivity contribution in [2.24, 2.45) is 4.99 Å². The number of hydrogen-bond donors (Lipinski definition) is 2. The van der Waals surface area contributed by atoms with Crippen LogP contribution in [0.2, 0.25) is 0 Å². The SMILES string of the molecule is CCOc1cc2c(cc1C1CC1NC(=NC)NC)OC(C)C2. The molecule has 1 aliphatic carbocycles. The zero-order valence-electron chi connectivity index (χ0n) is 13.8. The first-order valence-corrected chi connectivity index (χ1v) is 8.03. The highest BCUT2D eigenvalue weighted by Crippen LogP contribution is 2.48. The minimum atomic E-state index is 0.260. The number of benzene rings is 1. The zero-order chi connectivity index (χ0) is 15.7. The summed E-state index contributed by atoms with van der Waals surface area (Å²) in [4.78, 5) is 4.18. The fraction of sp³-hybridized carbons (Fsp3) is 0.588. The fourth-order valence-electron chi connectivity index (χ4n) is 3.15. The first-order valence-electron chi connectivity index (χ1n) is 8.03. The Labute approximate surface area is 132 Å². The van der Waals surface area contributed by atoms with Crippen molar-refractivity contribution in [3.63, 3.8) is 0 Å². The molecule has 3 atom stereocenters. The Balaban J connectivity index is 1.80. The van der Waals surface area contributed by atoms with Gasteiger partial charge >= 0.3 is 0 Å². The van der Waals surface area contributed by atoms with E-state index >= 15 is 0 Å². The third-order valence-corrected chi connectivity index (χ3v) is 4.30. The van der Waals surface area contributed by atoms with Gasteiger partial charge in [0.25, 0.3) is 0 Å². The number of aliphatic imine (C=N–C) groups is 1. The Bertz CT molecular complexity index is 586. The average molecular weight is 303 g/mol. The van der Waals surface area contributed by atoms with Gasteiger partial charge in [-0.1, -0.05) is 0 Å². The summed E-state index contributed by atoms with van der Waals surface area (Å²) in [6.45, 7) is 4.82. The van der Waals surface area contributed by atoms with Crippen molar-refractivity contribution in [1.82, 2.24) is 10.6 Å². The molecule has 3 unspecified atom stereocenters. The maximum Gasteiger partial charge on any atom is 0.190 e. The van der Waals surface area contributed by atoms with Crippen molar-refractivity contribution in [2.45, 2.75) is 44.8 Å². The molecule has 1 aromatic carbocycles. The van der Waals surface area contributed by atoms with Crippen molar-refractivity contribution >= 4 is 5.96 Å². The molecule has 22 heavy (non-hydrogen) atoms. The highest BCUT2D eigenvalue weighted by Gasteiger charge is 2.41. The molecule has 0 amide bonds. The predicted octanol–water partition coefficient (Wildman–Crippen LogP) is 2.06. The Morgan fingerprint density at radius 1 is 1.45 bits per heavy atom. The highest BCUT2D eigenvalue weighted by molar-refractivity contribution is 5.80. The highest BCUT2D eigenvalue weighted by atomic mass is 16.5. The average Bonchev–Trinajstić information content (AvgIpc) is 3.17. The normalized spacial score (nSPS) is 26.2. The van der Waals surface area contributed by atoms with E-state index in [9.17, 15) is 0 Å². The Morgan fingerprint density at radius 3 is 2.95 bits per heavy atom. The van der Waals surface area contributed by atoms with Gasteiger partial charge in [-0.2, -0.15) is 0 Å². The fourth-order valence-corrected chi connectivity index (χ4v) is 3.15. The summed E-state index contributed by atoms with van der Waals surface area (Å²) in [5.74, 6) is 3.32. The van der Waals surface area contributed by atoms with Gasteiger partial charge in [-0.3, -0.25) is 4.99 Å². The van der Waals surface area contributed by atoms with E-state index in [1.165, 1.54) is 11.1 Å². The van der Waals surface area contributed by atoms with E-state index in [4.69, 9.17) is 9.47 Å². The molecular formula is C17H25N3O2. The maximum absolute atomic E-state index is 5.91. The standard InChI is InChI=1S/C17H25N3O2/c1-5-21-16-7-11-6-10(2)22-15(11)9-13(16)12-8-14(12)20-17(18-3)19-4/h7,9-10,12,14H,5-6,8H2,1-4H3,(H2,18,19,20). The molecule has 2 N–H and O–H groups in total. The van der Waals surface area contributed by atoms with Crippen LogP contribution in [-0.4, -0.2) is 38.8 Å². The lowest BCUT2D eigenvalue weighted by molar-refractivity contribution is 0.254. The van der Waals surface area contributed by atoms with Gasteiger partial charge in [0.15, 0.2) is 5.96 Å². The minimum Gasteiger partial charge on any atom is -0.494 e. The number of nitrogens with one attached hydrogen (secondary N) is 2. The number of guanidine groups is 1. The van der Waals surface area contributed by atoms with Gasteiger partial charge in [0.1, 0.15) is 17.6 Å². The quantitative estimate of drug-likeness (QED) is 0.660. The van der Waals surface area contributed by atoms with Crippen molar-refractivity contribution < 1.29 is 9.47 Å². The largest absolute Gasteiger partial charge is 0.494 e. The minimum absolute atomic E-state index is 0.260. The summed E-state index contributed by atoms with van der Waals surface area (Å²) in [5, 5.41) is 6.49. The van der Waals surface area contributed by atoms with E-state index in [1.54, 1.807) is 7.05 Å². The third-order valence-electron chi connectivity index (χ3n) is 4.30. The monoisotopic (exact) mass is 303 g/mol. The molecule has 0 radical (unpaired) electrons. The number of ether oxygens (including phenoxy) is 2. The summed E-state index contributed by atoms with van der Waals surface area (Å²) in [5.41, 5.74) is 2.51. The zero-order valence-corrected chi connectivity index (χ0v) is 13.8. The lowest BCUT2D eigenvalue weighted by atomic mass is 10.0. The molecule has 1 aliphatic heterocycles. The van der Waals surface area contributed by atoms with Crippen molar-refractivity contribution in [3.8, 4) is 11.5 Å². The molecule has 0 spiro atoms. The van der Waals surface area contributed by atoms with E-state index in [0.717, 1.165) is 30.3 Å². The molecule has 0 saturated heterocycles. The van der Waals surface area contributed by atoms with Crippen LogP contribution in [0.4, 0.5) is 0 Å². The number of hydrogen-bond acceptors (Lipinski definition) is 3. The van der Waals surface area contributed by atoms with E-state index in [1.807, 2.05) is 14.0 Å². The van der Waals surface area contributed by atoms with Gasteiger partial charge in [-0.25, -0.2) is 0 Å². The smallest absolute Gasteiger partial charge is 0.190 e. The van der Waals surface area contributed by atoms with Crippen LogP contribution in [0.5, 0.6) is 11.5 Å². The molecule has 1 fully saturated rings. The second-order valence-electron chi connectivity index (χ2n) is 5.98. The number of fused-ring (bicyclic) bond motifs is 1. The summed E-state index contributed by atoms with van der Waals surface area (Å²) in [7, 11) is 3.66. The van der Waals surface area contributed by atoms with Gasteiger partial charge in [0.05, 0.1) is 6.61 Å². The van der Waals surface area contributed by atoms with Crippen LogP contribution in [0.25, 0.3) is 0 Å². The maximum atomic E-state index is 5.91. The second-order valence-corrected chi connectivity index (χ2v) is 5.98. The Kier molecular flexibility index (Phi) is 4.14. The van der Waals surface area contributed by atoms with Crippen molar-refractivity contribution in [3.05, 3.63) is 23.3 Å². The summed E-state index contributed by atoms with van der Waals surface area (Å²) in [6, 6.07) is 4.75. The van der Waals surface area contributed by atoms with Gasteiger partial charge in [-0.15, -0.1) is 0 Å². The molecule has 5 nitrogen and oxygen atoms in total. The molecule has 1 heterocycles. The lowest BCUT2D eigenvalue weighted by Gasteiger charge is -2.13. The molecule has 0 bridgehead atoms. The third kappa shape index (κ3) is 2.85. The van der Waals surface area contributed by atoms with E-state index in [0.29, 0.717) is 18.6 Å². The Morgan fingerprint density at radius 2 is 2.27 bits per heavy atom. The summed E-state index contributed by atoms with van der Waals surface area (Å²) in [6.07, 6.45) is 2.32. The molecule has 2 aliphatic rings. The molecule has 0 aromatic heterocycles. The van der Waals surface area contributed by atoms with E-state index < -0.39 is 0 Å². The second kappa shape index (κ2) is 6.07. The predicted molar refractivity (Wildman–Crippen MR) is 88.1 cm³/mol. The van der Waals surface area contributed by atoms with Gasteiger partial charge in [-0.05, 0) is 32.4 Å². The van der Waals surface area contributed by atoms with Crippen LogP contribution in [-0.2, 0) is 6.42 Å². The van der Waals surface area contributed by atoms with E-state index in [2.05, 4.69) is 34.7 Å². The molecular weight excluding hydrogens is 278 g/mol. The van der Waals surface area contributed by atoms with Crippen LogP contribution >= 0.6 is 0 Å². The molecule has 1 saturated carbocycles. The van der Waals surface area contributed by atoms with Crippen LogP contribution < -0.4 is 20.1 Å². The first-order chi connectivity index (χ1) is 10.7. The summed E-state index contributed by atoms with van der Waals surface area (Å²) < 4.78 is 11.8. The molecule has 3 rings (SSSR count). The number of rotatable bonds is 4. The molecule has 1 aromatic rings. The summed E-state index contributed by atoms with van der Waals surface area (Å²) >= 11 is 0. The topological polar surface area (TPSA) is 54.9 Å². The van der Waals surface area contributed by atoms with Crippen molar-refractivity contribution in [2.75, 3.05) is 20.7 Å². The van der Waals surface area contributed by atoms with Gasteiger partial charge in [0.2, 0.25) is 0 Å². The van der Waals surface area contributed by atoms with Crippen LogP contribution in [0.1, 0.15) is 37.3 Å². The first kappa shape index (κ1) is 15.0. The van der Waals surface area contributed by atoms with Gasteiger partial charge < -0.3 is 20.1 Å². The van der Waals surface area contributed by atoms with Gasteiger partial charge in [0, 0.05) is 43.6 Å². The molecule has 5 heteroatoms. The van der Waals surface area contributed by atoms with E-state index in [-0.39, 0.29) is 6.10 Å².